The molecule has 0 atom stereocenters. The maximum absolute atomic E-state index is 0. The Morgan fingerprint density at radius 3 is 1.00 bits per heavy atom. The standard InChI is InChI=1S/Ba.Bi.Ca.Cu.O.4H/q;;;+2;-2;;;;. The summed E-state index contributed by atoms with van der Waals surface area (Å²) >= 11 is 0. The second-order valence-corrected chi connectivity index (χ2v) is 0. The first-order valence-corrected chi connectivity index (χ1v) is 0. The van der Waals surface area contributed by atoms with Crippen molar-refractivity contribution in [1.29, 1.82) is 0 Å². The van der Waals surface area contributed by atoms with Crippen LogP contribution >= 0.6 is 0 Å². The van der Waals surface area contributed by atoms with Gasteiger partial charge in [0.25, 0.3) is 0 Å². The van der Waals surface area contributed by atoms with Crippen LogP contribution in [-0.4, -0.2) is 113 Å². The predicted molar refractivity (Wildman–Crippen MR) is 23.5 cm³/mol. The van der Waals surface area contributed by atoms with Gasteiger partial charge in [-0.05, 0) is 0 Å². The molecule has 0 bridgehead atoms. The van der Waals surface area contributed by atoms with Gasteiger partial charge in [-0.2, -0.15) is 0 Å². The van der Waals surface area contributed by atoms with Crippen molar-refractivity contribution in [2.45, 2.75) is 0 Å². The van der Waals surface area contributed by atoms with E-state index in [2.05, 4.69) is 0 Å². The van der Waals surface area contributed by atoms with E-state index in [0.29, 0.717) is 0 Å². The van der Waals surface area contributed by atoms with Gasteiger partial charge in [-0.25, -0.2) is 0 Å². The zero-order valence-electron chi connectivity index (χ0n) is 1.16. The van der Waals surface area contributed by atoms with E-state index in [1.165, 1.54) is 0 Å². The van der Waals surface area contributed by atoms with E-state index in [1.807, 2.05) is 0 Å². The molecule has 0 heterocycles. The van der Waals surface area contributed by atoms with Crippen molar-refractivity contribution < 1.29 is 22.5 Å². The van der Waals surface area contributed by atoms with E-state index < -0.39 is 0 Å². The fourth-order valence-corrected chi connectivity index (χ4v) is 0. The molecule has 0 amide bonds. The second kappa shape index (κ2) is 24.1. The molecule has 0 aromatic carbocycles. The van der Waals surface area contributed by atoms with Crippen LogP contribution < -0.4 is 0 Å². The minimum Gasteiger partial charge on any atom is -2.00 e. The van der Waals surface area contributed by atoms with Gasteiger partial charge in [-0.15, -0.1) is 0 Å². The van der Waals surface area contributed by atoms with E-state index >= 15 is 0 Å². The van der Waals surface area contributed by atoms with Gasteiger partial charge in [0.2, 0.25) is 0 Å². The first-order valence-electron chi connectivity index (χ1n) is 0. The molecule has 0 rings (SSSR count). The minimum absolute atomic E-state index is 0. The van der Waals surface area contributed by atoms with Crippen molar-refractivity contribution in [3.05, 3.63) is 0 Å². The van der Waals surface area contributed by atoms with Crippen LogP contribution in [0.5, 0.6) is 0 Å². The molecule has 0 unspecified atom stereocenters. The van der Waals surface area contributed by atoms with Crippen molar-refractivity contribution in [2.75, 3.05) is 0 Å². The topological polar surface area (TPSA) is 28.5 Å². The Morgan fingerprint density at radius 2 is 1.00 bits per heavy atom. The molecule has 0 aliphatic rings. The van der Waals surface area contributed by atoms with Gasteiger partial charge in [-0.1, -0.05) is 0 Å². The molecular formula is H4BaBiCaCuO. The zero-order chi connectivity index (χ0) is 0. The molecule has 5 heteroatoms. The Kier molecular flexibility index (Phi) is 169. The summed E-state index contributed by atoms with van der Waals surface area (Å²) in [6.45, 7) is 0. The van der Waals surface area contributed by atoms with Crippen LogP contribution in [0.15, 0.2) is 0 Å². The molecule has 0 saturated heterocycles. The van der Waals surface area contributed by atoms with Gasteiger partial charge in [-0.3, -0.25) is 0 Å². The maximum Gasteiger partial charge on any atom is 2.00 e. The summed E-state index contributed by atoms with van der Waals surface area (Å²) < 4.78 is 0. The molecule has 0 spiro atoms. The summed E-state index contributed by atoms with van der Waals surface area (Å²) in [5.74, 6) is 0. The molecule has 0 aliphatic carbocycles. The van der Waals surface area contributed by atoms with Gasteiger partial charge in [0.1, 0.15) is 0 Å². The first kappa shape index (κ1) is 35.1. The van der Waals surface area contributed by atoms with Crippen molar-refractivity contribution in [2.24, 2.45) is 0 Å². The van der Waals surface area contributed by atoms with Crippen molar-refractivity contribution in [1.82, 2.24) is 0 Å². The monoisotopic (exact) mass is 470 g/mol. The Bertz CT molecular complexity index is 11.6. The quantitative estimate of drug-likeness (QED) is 0.356. The molecule has 0 aliphatic heterocycles. The molecule has 0 saturated carbocycles. The molecular weight excluding hydrogens is 466 g/mol. The van der Waals surface area contributed by atoms with E-state index in [9.17, 15) is 0 Å². The second-order valence-electron chi connectivity index (χ2n) is 0. The summed E-state index contributed by atoms with van der Waals surface area (Å²) in [5, 5.41) is 0. The summed E-state index contributed by atoms with van der Waals surface area (Å²) in [5.41, 5.74) is 0. The van der Waals surface area contributed by atoms with Crippen LogP contribution in [0, 0.1) is 0 Å². The van der Waals surface area contributed by atoms with Gasteiger partial charge in [0.05, 0.1) is 0 Å². The smallest absolute Gasteiger partial charge is 2.00 e. The average Bonchev–Trinajstić information content (AvgIpc) is 0. The molecule has 0 N–H and O–H groups in total. The molecule has 0 aromatic rings. The molecule has 4 radical (unpaired) electrons. The van der Waals surface area contributed by atoms with Crippen LogP contribution in [0.1, 0.15) is 0 Å². The zero-order valence-corrected chi connectivity index (χ0v) is 5.58. The third-order valence-electron chi connectivity index (χ3n) is 0. The van der Waals surface area contributed by atoms with E-state index in [0.717, 1.165) is 0 Å². The third kappa shape index (κ3) is 17.9. The fraction of sp³-hybridized carbons (Fsp3) is 0. The average molecular weight is 470 g/mol. The summed E-state index contributed by atoms with van der Waals surface area (Å²) in [7, 11) is 0. The number of rotatable bonds is 0. The van der Waals surface area contributed by atoms with Gasteiger partial charge in [0.15, 0.2) is 0 Å². The first-order chi connectivity index (χ1) is 0. The van der Waals surface area contributed by atoms with Crippen molar-refractivity contribution in [3.63, 3.8) is 0 Å². The molecule has 1 nitrogen and oxygen atoms in total. The maximum atomic E-state index is 0. The molecule has 5 heavy (non-hydrogen) atoms. The van der Waals surface area contributed by atoms with Crippen molar-refractivity contribution >= 4 is 113 Å². The van der Waals surface area contributed by atoms with E-state index in [1.54, 1.807) is 0 Å². The van der Waals surface area contributed by atoms with Crippen LogP contribution in [0.2, 0.25) is 0 Å². The SMILES string of the molecule is [BaH2].[Bi].[CaH2].[Cu+2].[O-2]. The van der Waals surface area contributed by atoms with Crippen LogP contribution in [-0.2, 0) is 22.5 Å². The van der Waals surface area contributed by atoms with Gasteiger partial charge in [0, 0.05) is 26.2 Å². The van der Waals surface area contributed by atoms with Crippen molar-refractivity contribution in [3.8, 4) is 0 Å². The molecule has 30 valence electrons. The van der Waals surface area contributed by atoms with E-state index in [-0.39, 0.29) is 135 Å². The normalized spacial score (nSPS) is 0. The molecule has 0 aromatic heterocycles. The predicted octanol–water partition coefficient (Wildman–Crippen LogP) is -2.33. The van der Waals surface area contributed by atoms with Crippen LogP contribution in [0.25, 0.3) is 0 Å². The largest absolute Gasteiger partial charge is 2.00 e. The van der Waals surface area contributed by atoms with Gasteiger partial charge >= 0.3 is 104 Å². The number of hydrogen-bond acceptors (Lipinski definition) is 0. The molecule has 0 fully saturated rings. The summed E-state index contributed by atoms with van der Waals surface area (Å²) in [4.78, 5) is 0. The Hall–Kier alpha value is 4.19. The Morgan fingerprint density at radius 1 is 1.00 bits per heavy atom. The van der Waals surface area contributed by atoms with E-state index in [4.69, 9.17) is 0 Å². The summed E-state index contributed by atoms with van der Waals surface area (Å²) in [6.07, 6.45) is 0. The minimum atomic E-state index is 0. The Balaban J connectivity index is 0. The third-order valence-corrected chi connectivity index (χ3v) is 0. The van der Waals surface area contributed by atoms with Crippen LogP contribution in [0.4, 0.5) is 0 Å². The fourth-order valence-electron chi connectivity index (χ4n) is 0. The number of hydrogen-bond donors (Lipinski definition) is 0. The van der Waals surface area contributed by atoms with Gasteiger partial charge < -0.3 is 5.48 Å². The summed E-state index contributed by atoms with van der Waals surface area (Å²) in [6, 6.07) is 0. The van der Waals surface area contributed by atoms with Crippen LogP contribution in [0.3, 0.4) is 0 Å². The Labute approximate surface area is 131 Å².